The van der Waals surface area contributed by atoms with E-state index in [1.54, 1.807) is 23.5 Å². The van der Waals surface area contributed by atoms with Crippen molar-refractivity contribution in [1.82, 2.24) is 4.90 Å². The summed E-state index contributed by atoms with van der Waals surface area (Å²) >= 11 is 13.6. The monoisotopic (exact) mass is 329 g/mol. The lowest BCUT2D eigenvalue weighted by molar-refractivity contribution is 0.226. The SMILES string of the molecule is CN(C)C(CCOc1ccc(Cl)c(Cl)c1)c1cccs1. The van der Waals surface area contributed by atoms with Gasteiger partial charge < -0.3 is 9.64 Å². The van der Waals surface area contributed by atoms with E-state index < -0.39 is 0 Å². The van der Waals surface area contributed by atoms with Crippen molar-refractivity contribution in [3.63, 3.8) is 0 Å². The second-order valence-corrected chi connectivity index (χ2v) is 6.50. The number of benzene rings is 1. The van der Waals surface area contributed by atoms with E-state index in [4.69, 9.17) is 27.9 Å². The second-order valence-electron chi connectivity index (χ2n) is 4.71. The van der Waals surface area contributed by atoms with E-state index in [1.807, 2.05) is 6.07 Å². The maximum absolute atomic E-state index is 5.97. The Hall–Kier alpha value is -0.740. The van der Waals surface area contributed by atoms with Crippen molar-refractivity contribution in [3.05, 3.63) is 50.6 Å². The fourth-order valence-electron chi connectivity index (χ4n) is 1.99. The van der Waals surface area contributed by atoms with Crippen LogP contribution in [0.2, 0.25) is 10.0 Å². The first-order chi connectivity index (χ1) is 9.58. The molecule has 1 atom stereocenters. The third-order valence-electron chi connectivity index (χ3n) is 3.05. The molecule has 1 aromatic carbocycles. The zero-order chi connectivity index (χ0) is 14.5. The van der Waals surface area contributed by atoms with E-state index in [-0.39, 0.29) is 0 Å². The van der Waals surface area contributed by atoms with Crippen molar-refractivity contribution >= 4 is 34.5 Å². The maximum Gasteiger partial charge on any atom is 0.120 e. The standard InChI is InChI=1S/C15H17Cl2NOS/c1-18(2)14(15-4-3-9-20-15)7-8-19-11-5-6-12(16)13(17)10-11/h3-6,9-10,14H,7-8H2,1-2H3. The summed E-state index contributed by atoms with van der Waals surface area (Å²) in [5, 5.41) is 3.17. The smallest absolute Gasteiger partial charge is 0.120 e. The minimum absolute atomic E-state index is 0.373. The Bertz CT molecular complexity index is 543. The van der Waals surface area contributed by atoms with Crippen molar-refractivity contribution < 1.29 is 4.74 Å². The summed E-state index contributed by atoms with van der Waals surface area (Å²) in [6.45, 7) is 0.638. The first-order valence-corrected chi connectivity index (χ1v) is 7.99. The first-order valence-electron chi connectivity index (χ1n) is 6.35. The molecule has 0 radical (unpaired) electrons. The van der Waals surface area contributed by atoms with Gasteiger partial charge in [-0.05, 0) is 37.7 Å². The molecule has 1 unspecified atom stereocenters. The van der Waals surface area contributed by atoms with Crippen LogP contribution in [0.3, 0.4) is 0 Å². The Kier molecular flexibility index (Phi) is 5.73. The van der Waals surface area contributed by atoms with Gasteiger partial charge in [0, 0.05) is 23.4 Å². The lowest BCUT2D eigenvalue weighted by Gasteiger charge is -2.23. The van der Waals surface area contributed by atoms with Gasteiger partial charge in [0.2, 0.25) is 0 Å². The second kappa shape index (κ2) is 7.32. The fourth-order valence-corrected chi connectivity index (χ4v) is 3.24. The van der Waals surface area contributed by atoms with Gasteiger partial charge in [-0.1, -0.05) is 29.3 Å². The average molecular weight is 330 g/mol. The van der Waals surface area contributed by atoms with Crippen LogP contribution in [-0.4, -0.2) is 25.6 Å². The van der Waals surface area contributed by atoms with Crippen molar-refractivity contribution in [2.24, 2.45) is 0 Å². The van der Waals surface area contributed by atoms with Crippen LogP contribution in [0.4, 0.5) is 0 Å². The van der Waals surface area contributed by atoms with Crippen LogP contribution >= 0.6 is 34.5 Å². The Morgan fingerprint density at radius 1 is 1.20 bits per heavy atom. The number of thiophene rings is 1. The van der Waals surface area contributed by atoms with Crippen LogP contribution in [0.5, 0.6) is 5.75 Å². The predicted molar refractivity (Wildman–Crippen MR) is 87.3 cm³/mol. The molecule has 2 aromatic rings. The molecule has 1 heterocycles. The first kappa shape index (κ1) is 15.6. The van der Waals surface area contributed by atoms with Gasteiger partial charge in [-0.2, -0.15) is 0 Å². The number of nitrogens with zero attached hydrogens (tertiary/aromatic N) is 1. The maximum atomic E-state index is 5.97. The third-order valence-corrected chi connectivity index (χ3v) is 4.76. The number of halogens is 2. The largest absolute Gasteiger partial charge is 0.493 e. The van der Waals surface area contributed by atoms with E-state index >= 15 is 0 Å². The molecule has 20 heavy (non-hydrogen) atoms. The van der Waals surface area contributed by atoms with Gasteiger partial charge in [0.1, 0.15) is 5.75 Å². The third kappa shape index (κ3) is 4.13. The zero-order valence-corrected chi connectivity index (χ0v) is 13.8. The number of ether oxygens (including phenoxy) is 1. The summed E-state index contributed by atoms with van der Waals surface area (Å²) in [5.41, 5.74) is 0. The summed E-state index contributed by atoms with van der Waals surface area (Å²) in [4.78, 5) is 3.57. The Morgan fingerprint density at radius 2 is 2.00 bits per heavy atom. The highest BCUT2D eigenvalue weighted by molar-refractivity contribution is 7.10. The topological polar surface area (TPSA) is 12.5 Å². The summed E-state index contributed by atoms with van der Waals surface area (Å²) in [7, 11) is 4.17. The summed E-state index contributed by atoms with van der Waals surface area (Å²) < 4.78 is 5.76. The minimum Gasteiger partial charge on any atom is -0.493 e. The molecular weight excluding hydrogens is 313 g/mol. The minimum atomic E-state index is 0.373. The van der Waals surface area contributed by atoms with Crippen LogP contribution in [-0.2, 0) is 0 Å². The number of hydrogen-bond acceptors (Lipinski definition) is 3. The van der Waals surface area contributed by atoms with E-state index in [2.05, 4.69) is 36.5 Å². The summed E-state index contributed by atoms with van der Waals surface area (Å²) in [5.74, 6) is 0.753. The molecule has 0 spiro atoms. The summed E-state index contributed by atoms with van der Waals surface area (Å²) in [6.07, 6.45) is 0.924. The molecule has 0 N–H and O–H groups in total. The molecule has 2 nitrogen and oxygen atoms in total. The quantitative estimate of drug-likeness (QED) is 0.728. The molecule has 0 saturated carbocycles. The van der Waals surface area contributed by atoms with E-state index in [9.17, 15) is 0 Å². The molecule has 0 aliphatic heterocycles. The Labute approximate surface area is 133 Å². The van der Waals surface area contributed by atoms with Crippen LogP contribution in [0.15, 0.2) is 35.7 Å². The van der Waals surface area contributed by atoms with Crippen LogP contribution in [0.1, 0.15) is 17.3 Å². The molecule has 108 valence electrons. The highest BCUT2D eigenvalue weighted by Gasteiger charge is 2.15. The van der Waals surface area contributed by atoms with Crippen LogP contribution in [0.25, 0.3) is 0 Å². The highest BCUT2D eigenvalue weighted by Crippen LogP contribution is 2.28. The van der Waals surface area contributed by atoms with Gasteiger partial charge >= 0.3 is 0 Å². The van der Waals surface area contributed by atoms with E-state index in [1.165, 1.54) is 4.88 Å². The molecule has 0 amide bonds. The van der Waals surface area contributed by atoms with E-state index in [0.717, 1.165) is 12.2 Å². The lowest BCUT2D eigenvalue weighted by atomic mass is 10.1. The molecule has 2 rings (SSSR count). The van der Waals surface area contributed by atoms with Gasteiger partial charge in [0.05, 0.1) is 16.7 Å². The lowest BCUT2D eigenvalue weighted by Crippen LogP contribution is -2.21. The van der Waals surface area contributed by atoms with Gasteiger partial charge in [-0.25, -0.2) is 0 Å². The molecule has 0 saturated heterocycles. The fraction of sp³-hybridized carbons (Fsp3) is 0.333. The average Bonchev–Trinajstić information content (AvgIpc) is 2.92. The molecular formula is C15H17Cl2NOS. The molecule has 0 aliphatic carbocycles. The van der Waals surface area contributed by atoms with Crippen molar-refractivity contribution in [1.29, 1.82) is 0 Å². The van der Waals surface area contributed by atoms with E-state index in [0.29, 0.717) is 22.7 Å². The molecule has 0 aliphatic rings. The van der Waals surface area contributed by atoms with Crippen molar-refractivity contribution in [3.8, 4) is 5.75 Å². The Balaban J connectivity index is 1.92. The van der Waals surface area contributed by atoms with Crippen molar-refractivity contribution in [2.75, 3.05) is 20.7 Å². The molecule has 0 fully saturated rings. The predicted octanol–water partition coefficient (Wildman–Crippen LogP) is 5.13. The number of hydrogen-bond donors (Lipinski definition) is 0. The van der Waals surface area contributed by atoms with Crippen molar-refractivity contribution in [2.45, 2.75) is 12.5 Å². The summed E-state index contributed by atoms with van der Waals surface area (Å²) in [6, 6.07) is 9.95. The molecule has 0 bridgehead atoms. The zero-order valence-electron chi connectivity index (χ0n) is 11.5. The van der Waals surface area contributed by atoms with Gasteiger partial charge in [-0.3, -0.25) is 0 Å². The normalized spacial score (nSPS) is 12.7. The highest BCUT2D eigenvalue weighted by atomic mass is 35.5. The Morgan fingerprint density at radius 3 is 2.60 bits per heavy atom. The number of rotatable bonds is 6. The molecule has 1 aromatic heterocycles. The molecule has 5 heteroatoms. The van der Waals surface area contributed by atoms with Gasteiger partial charge in [-0.15, -0.1) is 11.3 Å². The van der Waals surface area contributed by atoms with Crippen LogP contribution in [0, 0.1) is 0 Å². The van der Waals surface area contributed by atoms with Crippen LogP contribution < -0.4 is 4.74 Å². The van der Waals surface area contributed by atoms with Gasteiger partial charge in [0.25, 0.3) is 0 Å². The van der Waals surface area contributed by atoms with Gasteiger partial charge in [0.15, 0.2) is 0 Å².